The zero-order valence-corrected chi connectivity index (χ0v) is 14.1. The number of unbranched alkanes of at least 4 members (excludes halogenated alkanes) is 2. The highest BCUT2D eigenvalue weighted by atomic mass is 32.2. The quantitative estimate of drug-likeness (QED) is 0.704. The van der Waals surface area contributed by atoms with E-state index in [1.165, 1.54) is 11.4 Å². The van der Waals surface area contributed by atoms with Crippen molar-refractivity contribution in [2.75, 3.05) is 31.8 Å². The Balaban J connectivity index is 2.70. The first-order chi connectivity index (χ1) is 10.4. The smallest absolute Gasteiger partial charge is 0.239 e. The van der Waals surface area contributed by atoms with E-state index in [9.17, 15) is 13.2 Å². The van der Waals surface area contributed by atoms with E-state index in [0.29, 0.717) is 18.0 Å². The molecule has 0 bridgehead atoms. The molecule has 0 unspecified atom stereocenters. The lowest BCUT2D eigenvalue weighted by Crippen LogP contribution is -2.38. The molecule has 0 atom stereocenters. The summed E-state index contributed by atoms with van der Waals surface area (Å²) < 4.78 is 29.9. The predicted molar refractivity (Wildman–Crippen MR) is 87.6 cm³/mol. The van der Waals surface area contributed by atoms with Gasteiger partial charge in [-0.05, 0) is 18.6 Å². The number of para-hydroxylation sites is 2. The van der Waals surface area contributed by atoms with Crippen LogP contribution in [0.2, 0.25) is 0 Å². The summed E-state index contributed by atoms with van der Waals surface area (Å²) in [5, 5.41) is 2.68. The van der Waals surface area contributed by atoms with Crippen molar-refractivity contribution in [2.45, 2.75) is 26.2 Å². The zero-order valence-electron chi connectivity index (χ0n) is 13.3. The van der Waals surface area contributed by atoms with Crippen molar-refractivity contribution in [1.29, 1.82) is 0 Å². The van der Waals surface area contributed by atoms with E-state index in [4.69, 9.17) is 4.74 Å². The molecule has 0 aromatic heterocycles. The van der Waals surface area contributed by atoms with Gasteiger partial charge in [-0.15, -0.1) is 0 Å². The van der Waals surface area contributed by atoms with Crippen LogP contribution >= 0.6 is 0 Å². The van der Waals surface area contributed by atoms with Crippen LogP contribution < -0.4 is 10.1 Å². The summed E-state index contributed by atoms with van der Waals surface area (Å²) in [5.41, 5.74) is 0.525. The maximum absolute atomic E-state index is 12.1. The zero-order chi connectivity index (χ0) is 16.6. The lowest BCUT2D eigenvalue weighted by Gasteiger charge is -2.19. The first kappa shape index (κ1) is 18.4. The Morgan fingerprint density at radius 1 is 1.27 bits per heavy atom. The minimum atomic E-state index is -3.41. The fraction of sp³-hybridized carbons (Fsp3) is 0.533. The highest BCUT2D eigenvalue weighted by Crippen LogP contribution is 2.22. The number of sulfonamides is 1. The maximum Gasteiger partial charge on any atom is 0.239 e. The molecule has 0 aliphatic carbocycles. The Morgan fingerprint density at radius 3 is 2.55 bits per heavy atom. The average Bonchev–Trinajstić information content (AvgIpc) is 2.46. The van der Waals surface area contributed by atoms with Gasteiger partial charge < -0.3 is 10.1 Å². The Bertz CT molecular complexity index is 587. The first-order valence-electron chi connectivity index (χ1n) is 7.26. The van der Waals surface area contributed by atoms with E-state index in [-0.39, 0.29) is 12.5 Å². The van der Waals surface area contributed by atoms with Crippen LogP contribution in [-0.4, -0.2) is 45.1 Å². The van der Waals surface area contributed by atoms with E-state index in [2.05, 4.69) is 5.32 Å². The topological polar surface area (TPSA) is 75.7 Å². The summed E-state index contributed by atoms with van der Waals surface area (Å²) in [4.78, 5) is 12.1. The van der Waals surface area contributed by atoms with E-state index in [0.717, 1.165) is 25.5 Å². The largest absolute Gasteiger partial charge is 0.495 e. The fourth-order valence-corrected chi connectivity index (χ4v) is 2.81. The number of carbonyl (C=O) groups excluding carboxylic acids is 1. The summed E-state index contributed by atoms with van der Waals surface area (Å²) in [6.07, 6.45) is 3.78. The van der Waals surface area contributed by atoms with Gasteiger partial charge in [0.25, 0.3) is 0 Å². The van der Waals surface area contributed by atoms with E-state index in [1.54, 1.807) is 24.3 Å². The number of carbonyl (C=O) groups is 1. The van der Waals surface area contributed by atoms with Gasteiger partial charge in [0.05, 0.1) is 25.6 Å². The Labute approximate surface area is 132 Å². The lowest BCUT2D eigenvalue weighted by molar-refractivity contribution is -0.116. The Hall–Kier alpha value is -1.60. The van der Waals surface area contributed by atoms with Crippen molar-refractivity contribution in [1.82, 2.24) is 4.31 Å². The summed E-state index contributed by atoms with van der Waals surface area (Å²) in [7, 11) is -1.89. The van der Waals surface area contributed by atoms with Gasteiger partial charge in [-0.3, -0.25) is 4.79 Å². The van der Waals surface area contributed by atoms with Crippen LogP contribution in [0.15, 0.2) is 24.3 Å². The molecule has 0 heterocycles. The number of benzene rings is 1. The van der Waals surface area contributed by atoms with E-state index < -0.39 is 10.0 Å². The van der Waals surface area contributed by atoms with Crippen LogP contribution in [0, 0.1) is 0 Å². The summed E-state index contributed by atoms with van der Waals surface area (Å²) in [5.74, 6) is 0.152. The molecule has 0 aliphatic heterocycles. The molecule has 7 heteroatoms. The third-order valence-corrected chi connectivity index (χ3v) is 4.43. The number of hydrogen-bond acceptors (Lipinski definition) is 4. The molecular formula is C15H24N2O4S. The second-order valence-electron chi connectivity index (χ2n) is 5.05. The van der Waals surface area contributed by atoms with Crippen molar-refractivity contribution >= 4 is 21.6 Å². The molecule has 1 rings (SSSR count). The van der Waals surface area contributed by atoms with Gasteiger partial charge in [-0.25, -0.2) is 8.42 Å². The van der Waals surface area contributed by atoms with Crippen LogP contribution in [0.25, 0.3) is 0 Å². The minimum absolute atomic E-state index is 0.194. The van der Waals surface area contributed by atoms with Gasteiger partial charge in [-0.2, -0.15) is 4.31 Å². The summed E-state index contributed by atoms with van der Waals surface area (Å²) in [6.45, 7) is 2.20. The molecule has 6 nitrogen and oxygen atoms in total. The van der Waals surface area contributed by atoms with Crippen molar-refractivity contribution in [2.24, 2.45) is 0 Å². The number of anilines is 1. The molecule has 0 aliphatic rings. The van der Waals surface area contributed by atoms with Crippen molar-refractivity contribution in [3.63, 3.8) is 0 Å². The van der Waals surface area contributed by atoms with Crippen LogP contribution in [0.3, 0.4) is 0 Å². The van der Waals surface area contributed by atoms with Crippen LogP contribution in [0.4, 0.5) is 5.69 Å². The molecule has 0 saturated carbocycles. The Kier molecular flexibility index (Phi) is 7.34. The predicted octanol–water partition coefficient (Wildman–Crippen LogP) is 2.09. The number of nitrogens with one attached hydrogen (secondary N) is 1. The summed E-state index contributed by atoms with van der Waals surface area (Å²) >= 11 is 0. The van der Waals surface area contributed by atoms with Crippen LogP contribution in [0.5, 0.6) is 5.75 Å². The molecule has 0 saturated heterocycles. The molecule has 1 aromatic carbocycles. The Morgan fingerprint density at radius 2 is 1.95 bits per heavy atom. The average molecular weight is 328 g/mol. The summed E-state index contributed by atoms with van der Waals surface area (Å²) in [6, 6.07) is 7.00. The van der Waals surface area contributed by atoms with Crippen LogP contribution in [-0.2, 0) is 14.8 Å². The molecule has 22 heavy (non-hydrogen) atoms. The fourth-order valence-electron chi connectivity index (χ4n) is 2.00. The second kappa shape index (κ2) is 8.75. The van der Waals surface area contributed by atoms with Crippen LogP contribution in [0.1, 0.15) is 26.2 Å². The molecule has 1 aromatic rings. The second-order valence-corrected chi connectivity index (χ2v) is 7.03. The highest BCUT2D eigenvalue weighted by molar-refractivity contribution is 7.88. The normalized spacial score (nSPS) is 11.5. The number of amides is 1. The molecule has 0 radical (unpaired) electrons. The van der Waals surface area contributed by atoms with Crippen molar-refractivity contribution in [3.05, 3.63) is 24.3 Å². The third-order valence-electron chi connectivity index (χ3n) is 3.18. The molecule has 124 valence electrons. The van der Waals surface area contributed by atoms with E-state index >= 15 is 0 Å². The van der Waals surface area contributed by atoms with Crippen molar-refractivity contribution in [3.8, 4) is 5.75 Å². The van der Waals surface area contributed by atoms with E-state index in [1.807, 2.05) is 6.92 Å². The molecule has 1 amide bonds. The highest BCUT2D eigenvalue weighted by Gasteiger charge is 2.20. The maximum atomic E-state index is 12.1. The monoisotopic (exact) mass is 328 g/mol. The van der Waals surface area contributed by atoms with Crippen molar-refractivity contribution < 1.29 is 17.9 Å². The number of ether oxygens (including phenoxy) is 1. The number of rotatable bonds is 9. The van der Waals surface area contributed by atoms with Gasteiger partial charge in [0, 0.05) is 6.54 Å². The SMILES string of the molecule is CCCCCN(CC(=O)Nc1ccccc1OC)S(C)(=O)=O. The molecule has 0 fully saturated rings. The van der Waals surface area contributed by atoms with Gasteiger partial charge >= 0.3 is 0 Å². The van der Waals surface area contributed by atoms with Gasteiger partial charge in [0.15, 0.2) is 0 Å². The number of hydrogen-bond donors (Lipinski definition) is 1. The third kappa shape index (κ3) is 6.03. The molecule has 0 spiro atoms. The van der Waals surface area contributed by atoms with Gasteiger partial charge in [-0.1, -0.05) is 31.9 Å². The number of methoxy groups -OCH3 is 1. The minimum Gasteiger partial charge on any atom is -0.495 e. The first-order valence-corrected chi connectivity index (χ1v) is 9.11. The van der Waals surface area contributed by atoms with Gasteiger partial charge in [0.1, 0.15) is 5.75 Å². The lowest BCUT2D eigenvalue weighted by atomic mass is 10.2. The van der Waals surface area contributed by atoms with Gasteiger partial charge in [0.2, 0.25) is 15.9 Å². The molecule has 1 N–H and O–H groups in total. The number of nitrogens with zero attached hydrogens (tertiary/aromatic N) is 1. The standard InChI is InChI=1S/C15H24N2O4S/c1-4-5-8-11-17(22(3,19)20)12-15(18)16-13-9-6-7-10-14(13)21-2/h6-7,9-10H,4-5,8,11-12H2,1-3H3,(H,16,18). The molecular weight excluding hydrogens is 304 g/mol.